The summed E-state index contributed by atoms with van der Waals surface area (Å²) in [5.74, 6) is 7.25. The van der Waals surface area contributed by atoms with Crippen LogP contribution in [0.25, 0.3) is 83.6 Å². The summed E-state index contributed by atoms with van der Waals surface area (Å²) in [5, 5.41) is 2.15. The molecule has 3 heterocycles. The maximum atomic E-state index is 8.44. The molecule has 0 aliphatic rings. The molecule has 4 nitrogen and oxygen atoms in total. The summed E-state index contributed by atoms with van der Waals surface area (Å²) in [4.78, 5) is 9.91. The summed E-state index contributed by atoms with van der Waals surface area (Å²) in [6, 6.07) is 63.5. The van der Waals surface area contributed by atoms with Crippen LogP contribution in [0.3, 0.4) is 0 Å². The van der Waals surface area contributed by atoms with Crippen LogP contribution < -0.4 is 4.40 Å². The molecule has 0 saturated heterocycles. The van der Waals surface area contributed by atoms with E-state index >= 15 is 0 Å². The predicted molar refractivity (Wildman–Crippen MR) is 268 cm³/mol. The summed E-state index contributed by atoms with van der Waals surface area (Å²) in [6.07, 6.45) is 2.00. The van der Waals surface area contributed by atoms with E-state index in [-0.39, 0.29) is 25.5 Å². The first-order valence-corrected chi connectivity index (χ1v) is 29.1. The number of furan rings is 1. The molecule has 1 radical (unpaired) electrons. The van der Waals surface area contributed by atoms with Crippen LogP contribution in [0.4, 0.5) is 0 Å². The first kappa shape index (κ1) is 43.4. The molecular weight excluding hydrogens is 1020 g/mol. The van der Waals surface area contributed by atoms with Gasteiger partial charge in [0.1, 0.15) is 5.58 Å². The second-order valence-corrected chi connectivity index (χ2v) is 29.1. The SMILES string of the molecule is CC(C)(C)c1cc(-c2ccccc2)c(-n2c(-c3[c-]ccc4c3oc3ccccc34)nc3ccccc32)c(-c2ccccc2)c1.[2H]C(C)(C)c1cc(-c2[c-]cccc2)nc[c]1[Ge]([CH3])([CH3])[CH3].[Ir]. The fourth-order valence-electron chi connectivity index (χ4n) is 8.43. The zero-order valence-electron chi connectivity index (χ0n) is 38.7. The van der Waals surface area contributed by atoms with Gasteiger partial charge in [0.25, 0.3) is 0 Å². The molecule has 0 bridgehead atoms. The van der Waals surface area contributed by atoms with Crippen molar-refractivity contribution in [3.05, 3.63) is 193 Å². The minimum atomic E-state index is -2.03. The van der Waals surface area contributed by atoms with Gasteiger partial charge in [0.15, 0.2) is 0 Å². The van der Waals surface area contributed by atoms with E-state index in [4.69, 9.17) is 10.8 Å². The Hall–Kier alpha value is -5.85. The van der Waals surface area contributed by atoms with E-state index in [1.807, 2.05) is 68.6 Å². The van der Waals surface area contributed by atoms with Crippen LogP contribution in [0.2, 0.25) is 17.3 Å². The van der Waals surface area contributed by atoms with Gasteiger partial charge in [-0.15, -0.1) is 18.2 Å². The average Bonchev–Trinajstić information content (AvgIpc) is 3.87. The van der Waals surface area contributed by atoms with E-state index in [9.17, 15) is 0 Å². The van der Waals surface area contributed by atoms with Crippen LogP contribution in [-0.4, -0.2) is 27.8 Å². The molecule has 0 N–H and O–H groups in total. The quantitative estimate of drug-likeness (QED) is 0.118. The van der Waals surface area contributed by atoms with Crippen molar-refractivity contribution in [2.24, 2.45) is 0 Å². The zero-order valence-corrected chi connectivity index (χ0v) is 42.2. The maximum absolute atomic E-state index is 8.44. The van der Waals surface area contributed by atoms with Crippen LogP contribution in [0.5, 0.6) is 0 Å². The third kappa shape index (κ3) is 8.82. The van der Waals surface area contributed by atoms with Gasteiger partial charge in [0, 0.05) is 36.6 Å². The van der Waals surface area contributed by atoms with Gasteiger partial charge in [0.05, 0.1) is 28.1 Å². The third-order valence-corrected chi connectivity index (χ3v) is 16.0. The average molecular weight is 1070 g/mol. The van der Waals surface area contributed by atoms with Crippen molar-refractivity contribution < 1.29 is 25.9 Å². The topological polar surface area (TPSA) is 43.9 Å². The summed E-state index contributed by atoms with van der Waals surface area (Å²) >= 11 is -2.03. The number of hydrogen-bond donors (Lipinski definition) is 0. The first-order chi connectivity index (χ1) is 30.7. The Morgan fingerprint density at radius 3 is 1.94 bits per heavy atom. The molecule has 64 heavy (non-hydrogen) atoms. The molecule has 0 saturated carbocycles. The summed E-state index contributed by atoms with van der Waals surface area (Å²) in [7, 11) is 0. The minimum absolute atomic E-state index is 0. The van der Waals surface area contributed by atoms with Crippen LogP contribution in [0, 0.1) is 12.1 Å². The number of aromatic nitrogens is 3. The molecule has 3 aromatic heterocycles. The number of rotatable bonds is 7. The number of pyridine rings is 1. The third-order valence-electron chi connectivity index (χ3n) is 11.7. The van der Waals surface area contributed by atoms with Crippen molar-refractivity contribution in [1.29, 1.82) is 0 Å². The summed E-state index contributed by atoms with van der Waals surface area (Å²) < 4.78 is 18.6. The Kier molecular flexibility index (Phi) is 12.4. The maximum Gasteiger partial charge on any atom is 0 e. The molecule has 7 aromatic carbocycles. The normalized spacial score (nSPS) is 12.2. The second kappa shape index (κ2) is 18.3. The van der Waals surface area contributed by atoms with Gasteiger partial charge < -0.3 is 8.98 Å². The van der Waals surface area contributed by atoms with Gasteiger partial charge in [-0.2, -0.15) is 0 Å². The molecule has 0 aliphatic carbocycles. The van der Waals surface area contributed by atoms with Crippen molar-refractivity contribution >= 4 is 50.6 Å². The van der Waals surface area contributed by atoms with Gasteiger partial charge in [0.2, 0.25) is 0 Å². The van der Waals surface area contributed by atoms with E-state index in [0.29, 0.717) is 0 Å². The molecule has 321 valence electrons. The van der Waals surface area contributed by atoms with Gasteiger partial charge in [-0.1, -0.05) is 123 Å². The Labute approximate surface area is 395 Å². The molecule has 0 unspecified atom stereocenters. The van der Waals surface area contributed by atoms with E-state index in [1.54, 1.807) is 0 Å². The Morgan fingerprint density at radius 1 is 0.688 bits per heavy atom. The van der Waals surface area contributed by atoms with Crippen LogP contribution in [-0.2, 0) is 25.5 Å². The number of nitrogens with zero attached hydrogens (tertiary/aromatic N) is 3. The van der Waals surface area contributed by atoms with Crippen molar-refractivity contribution in [2.45, 2.75) is 63.2 Å². The monoisotopic (exact) mass is 1080 g/mol. The standard InChI is InChI=1S/C41H31N2O.C17H22GeN.Ir/c1-41(2,3)29-25-33(27-15-6-4-7-16-27)38(34(26-29)28-17-8-5-9-18-28)43-36-23-12-11-22-35(36)42-40(43)32-21-14-20-31-30-19-10-13-24-37(30)44-39(31)32;1-13(2)15-11-17(14-9-7-6-8-10-14)19-12-16(15)18(3,4)5;/h4-20,22-26H,1-3H3;6-9,11-13H,1-5H3;/q2*-1;/i;13D;. The van der Waals surface area contributed by atoms with Gasteiger partial charge in [-0.05, 0) is 52.4 Å². The second-order valence-electron chi connectivity index (χ2n) is 18.5. The van der Waals surface area contributed by atoms with Crippen molar-refractivity contribution in [3.63, 3.8) is 0 Å². The zero-order chi connectivity index (χ0) is 44.8. The molecule has 0 spiro atoms. The number of hydrogen-bond acceptors (Lipinski definition) is 3. The van der Waals surface area contributed by atoms with Crippen LogP contribution in [0.1, 0.15) is 53.0 Å². The summed E-state index contributed by atoms with van der Waals surface area (Å²) in [5.41, 5.74) is 14.4. The predicted octanol–water partition coefficient (Wildman–Crippen LogP) is 15.2. The molecule has 0 fully saturated rings. The molecule has 0 atom stereocenters. The number of para-hydroxylation sites is 3. The van der Waals surface area contributed by atoms with E-state index in [0.717, 1.165) is 89.1 Å². The minimum Gasteiger partial charge on any atom is 0 e. The molecular formula is C58H53GeIrN3O-2. The van der Waals surface area contributed by atoms with Gasteiger partial charge >= 0.3 is 120 Å². The fraction of sp³-hybridized carbons (Fsp3) is 0.172. The Balaban J connectivity index is 0.000000232. The number of fused-ring (bicyclic) bond motifs is 4. The van der Waals surface area contributed by atoms with E-state index in [2.05, 4.69) is 175 Å². The summed E-state index contributed by atoms with van der Waals surface area (Å²) in [6.45, 7) is 10.7. The molecule has 10 rings (SSSR count). The smallest absolute Gasteiger partial charge is 0 e. The van der Waals surface area contributed by atoms with Crippen LogP contribution in [0.15, 0.2) is 174 Å². The number of imidazole rings is 1. The van der Waals surface area contributed by atoms with Crippen molar-refractivity contribution in [2.75, 3.05) is 0 Å². The van der Waals surface area contributed by atoms with Gasteiger partial charge in [-0.3, -0.25) is 4.98 Å². The Morgan fingerprint density at radius 2 is 1.31 bits per heavy atom. The first-order valence-electron chi connectivity index (χ1n) is 22.2. The van der Waals surface area contributed by atoms with Crippen LogP contribution >= 0.6 is 0 Å². The number of benzene rings is 7. The van der Waals surface area contributed by atoms with E-state index in [1.165, 1.54) is 9.96 Å². The largest absolute Gasteiger partial charge is 0 e. The van der Waals surface area contributed by atoms with Crippen molar-refractivity contribution in [3.8, 4) is 50.6 Å². The molecule has 0 aliphatic heterocycles. The molecule has 10 aromatic rings. The fourth-order valence-corrected chi connectivity index (χ4v) is 11.7. The Bertz CT molecular complexity index is 3210. The van der Waals surface area contributed by atoms with Crippen molar-refractivity contribution in [1.82, 2.24) is 14.5 Å². The van der Waals surface area contributed by atoms with Gasteiger partial charge in [-0.25, -0.2) is 0 Å². The van der Waals surface area contributed by atoms with E-state index < -0.39 is 19.2 Å². The molecule has 0 amide bonds. The molecule has 6 heteroatoms.